The Balaban J connectivity index is 1.79. The van der Waals surface area contributed by atoms with Crippen LogP contribution in [0.1, 0.15) is 10.4 Å². The van der Waals surface area contributed by atoms with E-state index in [4.69, 9.17) is 9.47 Å². The van der Waals surface area contributed by atoms with E-state index in [0.717, 1.165) is 11.4 Å². The summed E-state index contributed by atoms with van der Waals surface area (Å²) in [5.74, 6) is 0.487. The SMILES string of the molecule is COCCOc1ccc(NC(=O)CNc2ccc(C(=O)N(C)C)cc2)cc1. The van der Waals surface area contributed by atoms with Gasteiger partial charge in [-0.15, -0.1) is 0 Å². The first kappa shape index (κ1) is 20.3. The van der Waals surface area contributed by atoms with Crippen LogP contribution >= 0.6 is 0 Å². The van der Waals surface area contributed by atoms with Gasteiger partial charge in [-0.05, 0) is 48.5 Å². The van der Waals surface area contributed by atoms with Crippen molar-refractivity contribution in [2.24, 2.45) is 0 Å². The van der Waals surface area contributed by atoms with Crippen molar-refractivity contribution < 1.29 is 19.1 Å². The molecule has 144 valence electrons. The molecule has 0 heterocycles. The summed E-state index contributed by atoms with van der Waals surface area (Å²) in [7, 11) is 5.03. The minimum Gasteiger partial charge on any atom is -0.491 e. The monoisotopic (exact) mass is 371 g/mol. The van der Waals surface area contributed by atoms with Gasteiger partial charge in [0.1, 0.15) is 12.4 Å². The minimum atomic E-state index is -0.170. The topological polar surface area (TPSA) is 79.9 Å². The summed E-state index contributed by atoms with van der Waals surface area (Å²) >= 11 is 0. The maximum absolute atomic E-state index is 12.1. The summed E-state index contributed by atoms with van der Waals surface area (Å²) in [5, 5.41) is 5.84. The van der Waals surface area contributed by atoms with Gasteiger partial charge in [-0.2, -0.15) is 0 Å². The fourth-order valence-electron chi connectivity index (χ4n) is 2.25. The molecule has 0 aliphatic rings. The molecule has 0 aliphatic heterocycles. The molecular formula is C20H25N3O4. The van der Waals surface area contributed by atoms with Crippen LogP contribution in [0.5, 0.6) is 5.75 Å². The molecule has 2 N–H and O–H groups in total. The second-order valence-electron chi connectivity index (χ2n) is 6.04. The first-order valence-electron chi connectivity index (χ1n) is 8.57. The molecule has 0 saturated carbocycles. The molecule has 7 heteroatoms. The molecule has 0 atom stereocenters. The average molecular weight is 371 g/mol. The Morgan fingerprint density at radius 3 is 2.15 bits per heavy atom. The Kier molecular flexibility index (Phi) is 7.63. The van der Waals surface area contributed by atoms with Gasteiger partial charge in [0.2, 0.25) is 5.91 Å². The number of nitrogens with one attached hydrogen (secondary N) is 2. The third-order valence-corrected chi connectivity index (χ3v) is 3.69. The molecule has 0 aliphatic carbocycles. The van der Waals surface area contributed by atoms with E-state index >= 15 is 0 Å². The van der Waals surface area contributed by atoms with Gasteiger partial charge in [0.05, 0.1) is 13.2 Å². The van der Waals surface area contributed by atoms with Crippen molar-refractivity contribution in [3.63, 3.8) is 0 Å². The number of methoxy groups -OCH3 is 1. The van der Waals surface area contributed by atoms with Crippen LogP contribution in [0.15, 0.2) is 48.5 Å². The lowest BCUT2D eigenvalue weighted by Gasteiger charge is -2.11. The molecule has 0 bridgehead atoms. The van der Waals surface area contributed by atoms with E-state index in [0.29, 0.717) is 24.5 Å². The van der Waals surface area contributed by atoms with Crippen molar-refractivity contribution in [3.8, 4) is 5.75 Å². The predicted molar refractivity (Wildman–Crippen MR) is 105 cm³/mol. The number of rotatable bonds is 9. The van der Waals surface area contributed by atoms with E-state index in [-0.39, 0.29) is 18.4 Å². The van der Waals surface area contributed by atoms with Gasteiger partial charge in [0, 0.05) is 38.1 Å². The van der Waals surface area contributed by atoms with Crippen LogP contribution in [-0.2, 0) is 9.53 Å². The highest BCUT2D eigenvalue weighted by Crippen LogP contribution is 2.16. The highest BCUT2D eigenvalue weighted by atomic mass is 16.5. The van der Waals surface area contributed by atoms with Gasteiger partial charge < -0.3 is 25.0 Å². The van der Waals surface area contributed by atoms with Gasteiger partial charge in [0.25, 0.3) is 5.91 Å². The molecule has 2 rings (SSSR count). The van der Waals surface area contributed by atoms with Gasteiger partial charge in [-0.25, -0.2) is 0 Å². The van der Waals surface area contributed by atoms with Crippen LogP contribution in [0, 0.1) is 0 Å². The molecule has 2 amide bonds. The standard InChI is InChI=1S/C20H25N3O4/c1-23(2)20(25)15-4-6-16(7-5-15)21-14-19(24)22-17-8-10-18(11-9-17)27-13-12-26-3/h4-11,21H,12-14H2,1-3H3,(H,22,24). The second-order valence-corrected chi connectivity index (χ2v) is 6.04. The van der Waals surface area contributed by atoms with Crippen LogP contribution in [0.2, 0.25) is 0 Å². The summed E-state index contributed by atoms with van der Waals surface area (Å²) in [6.07, 6.45) is 0. The first-order valence-corrected chi connectivity index (χ1v) is 8.57. The third kappa shape index (κ3) is 6.63. The maximum Gasteiger partial charge on any atom is 0.253 e. The van der Waals surface area contributed by atoms with Crippen molar-refractivity contribution in [1.82, 2.24) is 4.90 Å². The number of amides is 2. The van der Waals surface area contributed by atoms with E-state index in [1.54, 1.807) is 69.7 Å². The van der Waals surface area contributed by atoms with Crippen LogP contribution in [0.25, 0.3) is 0 Å². The molecular weight excluding hydrogens is 346 g/mol. The van der Waals surface area contributed by atoms with E-state index in [1.165, 1.54) is 4.90 Å². The lowest BCUT2D eigenvalue weighted by atomic mass is 10.2. The van der Waals surface area contributed by atoms with Crippen LogP contribution in [0.3, 0.4) is 0 Å². The Bertz CT molecular complexity index is 743. The normalized spacial score (nSPS) is 10.2. The van der Waals surface area contributed by atoms with Crippen LogP contribution in [0.4, 0.5) is 11.4 Å². The Labute approximate surface area is 159 Å². The summed E-state index contributed by atoms with van der Waals surface area (Å²) in [6.45, 7) is 1.12. The predicted octanol–water partition coefficient (Wildman–Crippen LogP) is 2.46. The van der Waals surface area contributed by atoms with Crippen molar-refractivity contribution >= 4 is 23.2 Å². The summed E-state index contributed by atoms with van der Waals surface area (Å²) in [5.41, 5.74) is 2.05. The second kappa shape index (κ2) is 10.2. The number of carbonyl (C=O) groups is 2. The van der Waals surface area contributed by atoms with Gasteiger partial charge in [-0.1, -0.05) is 0 Å². The van der Waals surface area contributed by atoms with E-state index in [2.05, 4.69) is 10.6 Å². The molecule has 2 aromatic carbocycles. The molecule has 0 saturated heterocycles. The smallest absolute Gasteiger partial charge is 0.253 e. The average Bonchev–Trinajstić information content (AvgIpc) is 2.67. The molecule has 2 aromatic rings. The number of ether oxygens (including phenoxy) is 2. The molecule has 0 radical (unpaired) electrons. The number of benzene rings is 2. The van der Waals surface area contributed by atoms with Crippen molar-refractivity contribution in [2.75, 3.05) is 51.6 Å². The molecule has 0 unspecified atom stereocenters. The highest BCUT2D eigenvalue weighted by molar-refractivity contribution is 5.95. The van der Waals surface area contributed by atoms with Crippen molar-refractivity contribution in [3.05, 3.63) is 54.1 Å². The molecule has 7 nitrogen and oxygen atoms in total. The fraction of sp³-hybridized carbons (Fsp3) is 0.300. The quantitative estimate of drug-likeness (QED) is 0.662. The van der Waals surface area contributed by atoms with Gasteiger partial charge in [0.15, 0.2) is 0 Å². The molecule has 0 aromatic heterocycles. The summed E-state index contributed by atoms with van der Waals surface area (Å²) in [4.78, 5) is 25.4. The fourth-order valence-corrected chi connectivity index (χ4v) is 2.25. The summed E-state index contributed by atoms with van der Waals surface area (Å²) in [6, 6.07) is 14.1. The summed E-state index contributed by atoms with van der Waals surface area (Å²) < 4.78 is 10.4. The van der Waals surface area contributed by atoms with Crippen molar-refractivity contribution in [1.29, 1.82) is 0 Å². The van der Waals surface area contributed by atoms with E-state index in [1.807, 2.05) is 0 Å². The highest BCUT2D eigenvalue weighted by Gasteiger charge is 2.08. The lowest BCUT2D eigenvalue weighted by Crippen LogP contribution is -2.22. The molecule has 0 fully saturated rings. The molecule has 0 spiro atoms. The number of nitrogens with zero attached hydrogens (tertiary/aromatic N) is 1. The third-order valence-electron chi connectivity index (χ3n) is 3.69. The zero-order valence-corrected chi connectivity index (χ0v) is 15.8. The first-order chi connectivity index (χ1) is 13.0. The van der Waals surface area contributed by atoms with Crippen LogP contribution in [-0.4, -0.2) is 57.7 Å². The van der Waals surface area contributed by atoms with Gasteiger partial charge in [-0.3, -0.25) is 9.59 Å². The minimum absolute atomic E-state index is 0.0612. The Hall–Kier alpha value is -3.06. The molecule has 27 heavy (non-hydrogen) atoms. The Morgan fingerprint density at radius 1 is 0.926 bits per heavy atom. The largest absolute Gasteiger partial charge is 0.491 e. The number of hydrogen-bond donors (Lipinski definition) is 2. The Morgan fingerprint density at radius 2 is 1.56 bits per heavy atom. The zero-order chi connectivity index (χ0) is 19.6. The van der Waals surface area contributed by atoms with Gasteiger partial charge >= 0.3 is 0 Å². The number of hydrogen-bond acceptors (Lipinski definition) is 5. The van der Waals surface area contributed by atoms with E-state index in [9.17, 15) is 9.59 Å². The van der Waals surface area contributed by atoms with Crippen LogP contribution < -0.4 is 15.4 Å². The lowest BCUT2D eigenvalue weighted by molar-refractivity contribution is -0.114. The van der Waals surface area contributed by atoms with E-state index < -0.39 is 0 Å². The number of carbonyl (C=O) groups excluding carboxylic acids is 2. The zero-order valence-electron chi connectivity index (χ0n) is 15.8. The van der Waals surface area contributed by atoms with Crippen molar-refractivity contribution in [2.45, 2.75) is 0 Å². The maximum atomic E-state index is 12.1. The number of anilines is 2.